The Morgan fingerprint density at radius 2 is 1.31 bits per heavy atom. The predicted molar refractivity (Wildman–Crippen MR) is 201 cm³/mol. The van der Waals surface area contributed by atoms with Crippen molar-refractivity contribution in [2.45, 2.75) is 73.1 Å². The lowest BCUT2D eigenvalue weighted by atomic mass is 10.0. The van der Waals surface area contributed by atoms with Crippen molar-refractivity contribution < 1.29 is 32.6 Å². The quantitative estimate of drug-likeness (QED) is 0.140. The molecule has 0 unspecified atom stereocenters. The zero-order chi connectivity index (χ0) is 36.9. The Hall–Kier alpha value is -4.50. The topological polar surface area (TPSA) is 109 Å². The molecule has 2 aromatic heterocycles. The summed E-state index contributed by atoms with van der Waals surface area (Å²) in [6, 6.07) is 26.7. The van der Waals surface area contributed by atoms with Crippen molar-refractivity contribution in [2.75, 3.05) is 26.3 Å². The van der Waals surface area contributed by atoms with Crippen LogP contribution in [0.1, 0.15) is 70.0 Å². The molecule has 10 nitrogen and oxygen atoms in total. The maximum Gasteiger partial charge on any atom is 0.410 e. The molecule has 1 aliphatic heterocycles. The Balaban J connectivity index is 0.000000233. The minimum atomic E-state index is -3.12. The molecular weight excluding hydrogens is 665 g/mol. The van der Waals surface area contributed by atoms with Gasteiger partial charge < -0.3 is 28.2 Å². The molecule has 1 saturated heterocycles. The molecule has 0 aliphatic carbocycles. The second kappa shape index (κ2) is 18.7. The van der Waals surface area contributed by atoms with E-state index >= 15 is 0 Å². The number of ether oxygens (including phenoxy) is 3. The first-order chi connectivity index (χ1) is 24.3. The van der Waals surface area contributed by atoms with Crippen LogP contribution < -0.4 is 9.47 Å². The first kappa shape index (κ1) is 39.3. The third-order valence-electron chi connectivity index (χ3n) is 7.38. The molecule has 0 bridgehead atoms. The normalized spacial score (nSPS) is 13.2. The lowest BCUT2D eigenvalue weighted by molar-refractivity contribution is 0.0236. The summed E-state index contributed by atoms with van der Waals surface area (Å²) in [5.74, 6) is 2.52. The Morgan fingerprint density at radius 3 is 1.84 bits per heavy atom. The van der Waals surface area contributed by atoms with Crippen LogP contribution in [0.25, 0.3) is 6.08 Å². The first-order valence-corrected chi connectivity index (χ1v) is 19.0. The number of rotatable bonds is 11. The molecule has 1 amide bonds. The van der Waals surface area contributed by atoms with Gasteiger partial charge in [-0.05, 0) is 109 Å². The Morgan fingerprint density at radius 1 is 0.784 bits per heavy atom. The van der Waals surface area contributed by atoms with E-state index in [1.165, 1.54) is 5.57 Å². The van der Waals surface area contributed by atoms with Crippen LogP contribution in [0.4, 0.5) is 4.79 Å². The summed E-state index contributed by atoms with van der Waals surface area (Å²) in [5.41, 5.74) is 4.60. The fourth-order valence-electron chi connectivity index (χ4n) is 5.19. The van der Waals surface area contributed by atoms with Crippen LogP contribution in [0.5, 0.6) is 23.3 Å². The van der Waals surface area contributed by atoms with Gasteiger partial charge in [-0.25, -0.2) is 14.8 Å². The number of benzene rings is 2. The number of amides is 1. The van der Waals surface area contributed by atoms with Gasteiger partial charge in [-0.3, -0.25) is 4.57 Å². The van der Waals surface area contributed by atoms with Crippen LogP contribution in [-0.4, -0.2) is 52.9 Å². The predicted octanol–water partition coefficient (Wildman–Crippen LogP) is 10.5. The Bertz CT molecular complexity index is 1800. The highest BCUT2D eigenvalue weighted by Gasteiger charge is 2.25. The zero-order valence-electron chi connectivity index (χ0n) is 30.8. The van der Waals surface area contributed by atoms with Crippen LogP contribution >= 0.6 is 7.60 Å². The maximum absolute atomic E-state index is 12.6. The van der Waals surface area contributed by atoms with E-state index in [4.69, 9.17) is 23.3 Å². The number of aryl methyl sites for hydroxylation is 2. The molecule has 0 N–H and O–H groups in total. The van der Waals surface area contributed by atoms with E-state index in [1.807, 2.05) is 107 Å². The van der Waals surface area contributed by atoms with E-state index in [0.717, 1.165) is 41.1 Å². The molecule has 0 saturated carbocycles. The summed E-state index contributed by atoms with van der Waals surface area (Å²) >= 11 is 0. The summed E-state index contributed by atoms with van der Waals surface area (Å²) in [7, 11) is -3.12. The lowest BCUT2D eigenvalue weighted by Gasteiger charge is -2.31. The van der Waals surface area contributed by atoms with Crippen molar-refractivity contribution in [3.8, 4) is 23.3 Å². The number of nitrogens with zero attached hydrogens (tertiary/aromatic N) is 3. The molecule has 11 heteroatoms. The van der Waals surface area contributed by atoms with E-state index < -0.39 is 13.2 Å². The molecule has 4 aromatic rings. The van der Waals surface area contributed by atoms with E-state index in [2.05, 4.69) is 22.1 Å². The molecule has 3 heterocycles. The highest BCUT2D eigenvalue weighted by Crippen LogP contribution is 2.51. The molecular formula is C40H50N3O7P. The number of piperidine rings is 1. The standard InChI is InChI=1S/C23H28N2O3.C17H22NO4P/c1-17-7-5-10-21(24-17)27-20-9-6-8-19(16-20)15-18-11-13-25(14-12-18)22(26)28-23(2,3)4;1-4-20-23(19,21-5-2)13-15-9-7-10-16(12-15)22-17-11-6-8-14(3)18-17/h5-10,15-16H,11-14H2,1-4H3;6-12H,4-5,13H2,1-3H3. The van der Waals surface area contributed by atoms with E-state index in [9.17, 15) is 9.36 Å². The van der Waals surface area contributed by atoms with Crippen LogP contribution in [0, 0.1) is 13.8 Å². The van der Waals surface area contributed by atoms with Gasteiger partial charge in [0.2, 0.25) is 11.8 Å². The zero-order valence-corrected chi connectivity index (χ0v) is 31.7. The van der Waals surface area contributed by atoms with Crippen molar-refractivity contribution in [1.82, 2.24) is 14.9 Å². The highest BCUT2D eigenvalue weighted by atomic mass is 31.2. The van der Waals surface area contributed by atoms with Gasteiger partial charge >= 0.3 is 13.7 Å². The maximum atomic E-state index is 12.6. The molecule has 0 spiro atoms. The first-order valence-electron chi connectivity index (χ1n) is 17.3. The lowest BCUT2D eigenvalue weighted by Crippen LogP contribution is -2.40. The summed E-state index contributed by atoms with van der Waals surface area (Å²) in [5, 5.41) is 0. The van der Waals surface area contributed by atoms with Gasteiger partial charge in [0.25, 0.3) is 0 Å². The number of pyridine rings is 2. The highest BCUT2D eigenvalue weighted by molar-refractivity contribution is 7.53. The van der Waals surface area contributed by atoms with Gasteiger partial charge in [0, 0.05) is 36.6 Å². The van der Waals surface area contributed by atoms with Gasteiger partial charge in [0.05, 0.1) is 19.4 Å². The average Bonchev–Trinajstić information content (AvgIpc) is 3.05. The number of carbonyl (C=O) groups is 1. The average molecular weight is 716 g/mol. The van der Waals surface area contributed by atoms with Crippen molar-refractivity contribution >= 4 is 19.8 Å². The summed E-state index contributed by atoms with van der Waals surface area (Å²) in [6.45, 7) is 15.2. The number of likely N-dealkylation sites (tertiary alicyclic amines) is 1. The third kappa shape index (κ3) is 13.6. The molecule has 2 aromatic carbocycles. The SMILES string of the molecule is CCOP(=O)(Cc1cccc(Oc2cccc(C)n2)c1)OCC.Cc1cccc(Oc2cccc(C=C3CCN(C(=O)OC(C)(C)C)CC3)c2)n1. The van der Waals surface area contributed by atoms with Crippen LogP contribution in [-0.2, 0) is 24.5 Å². The van der Waals surface area contributed by atoms with Gasteiger partial charge in [0.1, 0.15) is 17.1 Å². The number of aromatic nitrogens is 2. The second-order valence-electron chi connectivity index (χ2n) is 13.0. The minimum Gasteiger partial charge on any atom is -0.444 e. The molecule has 51 heavy (non-hydrogen) atoms. The third-order valence-corrected chi connectivity index (χ3v) is 9.44. The van der Waals surface area contributed by atoms with Crippen molar-refractivity contribution in [2.24, 2.45) is 0 Å². The Labute approximate surface area is 302 Å². The molecule has 0 radical (unpaired) electrons. The Kier molecular flexibility index (Phi) is 14.4. The minimum absolute atomic E-state index is 0.215. The second-order valence-corrected chi connectivity index (χ2v) is 15.1. The number of hydrogen-bond acceptors (Lipinski definition) is 9. The van der Waals surface area contributed by atoms with Crippen molar-refractivity contribution in [1.29, 1.82) is 0 Å². The number of carbonyl (C=O) groups excluding carboxylic acids is 1. The van der Waals surface area contributed by atoms with Crippen LogP contribution in [0.3, 0.4) is 0 Å². The van der Waals surface area contributed by atoms with Gasteiger partial charge in [-0.2, -0.15) is 0 Å². The smallest absolute Gasteiger partial charge is 0.410 e. The summed E-state index contributed by atoms with van der Waals surface area (Å²) in [4.78, 5) is 22.6. The van der Waals surface area contributed by atoms with Gasteiger partial charge in [-0.15, -0.1) is 0 Å². The molecule has 0 atom stereocenters. The molecule has 1 fully saturated rings. The van der Waals surface area contributed by atoms with Crippen LogP contribution in [0.2, 0.25) is 0 Å². The molecule has 5 rings (SSSR count). The van der Waals surface area contributed by atoms with E-state index in [-0.39, 0.29) is 12.3 Å². The largest absolute Gasteiger partial charge is 0.444 e. The van der Waals surface area contributed by atoms with E-state index in [1.54, 1.807) is 24.8 Å². The summed E-state index contributed by atoms with van der Waals surface area (Å²) < 4.78 is 40.3. The van der Waals surface area contributed by atoms with Crippen LogP contribution in [0.15, 0.2) is 90.5 Å². The molecule has 272 valence electrons. The van der Waals surface area contributed by atoms with Gasteiger partial charge in [0.15, 0.2) is 0 Å². The number of hydrogen-bond donors (Lipinski definition) is 0. The van der Waals surface area contributed by atoms with Crippen molar-refractivity contribution in [3.05, 3.63) is 113 Å². The summed E-state index contributed by atoms with van der Waals surface area (Å²) in [6.07, 6.45) is 3.87. The molecule has 1 aliphatic rings. The monoisotopic (exact) mass is 715 g/mol. The van der Waals surface area contributed by atoms with Gasteiger partial charge in [-0.1, -0.05) is 48.0 Å². The van der Waals surface area contributed by atoms with Crippen molar-refractivity contribution in [3.63, 3.8) is 0 Å². The fraction of sp³-hybridized carbons (Fsp3) is 0.375. The fourth-order valence-corrected chi connectivity index (χ4v) is 6.88. The van der Waals surface area contributed by atoms with E-state index in [0.29, 0.717) is 43.8 Å².